The highest BCUT2D eigenvalue weighted by Crippen LogP contribution is 2.53. The van der Waals surface area contributed by atoms with Gasteiger partial charge in [0.1, 0.15) is 5.82 Å². The summed E-state index contributed by atoms with van der Waals surface area (Å²) >= 11 is 0. The summed E-state index contributed by atoms with van der Waals surface area (Å²) < 4.78 is 1.84. The molecule has 1 aliphatic carbocycles. The molecule has 4 heterocycles. The van der Waals surface area contributed by atoms with Crippen LogP contribution in [0.2, 0.25) is 0 Å². The van der Waals surface area contributed by atoms with Gasteiger partial charge in [-0.05, 0) is 63.0 Å². The molecule has 0 spiro atoms. The zero-order valence-electron chi connectivity index (χ0n) is 18.3. The molecule has 3 aromatic rings. The minimum absolute atomic E-state index is 0.443. The van der Waals surface area contributed by atoms with Gasteiger partial charge in [0.05, 0.1) is 11.4 Å². The lowest BCUT2D eigenvalue weighted by atomic mass is 10.1. The van der Waals surface area contributed by atoms with E-state index in [1.807, 2.05) is 36.7 Å². The third-order valence-corrected chi connectivity index (χ3v) is 6.49. The molecule has 2 fully saturated rings. The Bertz CT molecular complexity index is 1080. The molecule has 7 nitrogen and oxygen atoms in total. The second-order valence-electron chi connectivity index (χ2n) is 9.39. The Morgan fingerprint density at radius 3 is 2.50 bits per heavy atom. The molecule has 0 radical (unpaired) electrons. The summed E-state index contributed by atoms with van der Waals surface area (Å²) in [4.78, 5) is 21.1. The highest BCUT2D eigenvalue weighted by Gasteiger charge is 2.45. The fourth-order valence-electron chi connectivity index (χ4n) is 4.30. The molecule has 1 atom stereocenters. The summed E-state index contributed by atoms with van der Waals surface area (Å²) in [7, 11) is 0. The molecule has 1 aliphatic heterocycles. The van der Waals surface area contributed by atoms with Gasteiger partial charge in [-0.1, -0.05) is 13.8 Å². The highest BCUT2D eigenvalue weighted by atomic mass is 15.3. The molecule has 0 unspecified atom stereocenters. The molecule has 0 N–H and O–H groups in total. The molecule has 0 aromatic carbocycles. The number of anilines is 1. The van der Waals surface area contributed by atoms with Crippen LogP contribution in [-0.4, -0.2) is 42.6 Å². The quantitative estimate of drug-likeness (QED) is 0.644. The average Bonchev–Trinajstić information content (AvgIpc) is 3.17. The van der Waals surface area contributed by atoms with Gasteiger partial charge in [0.15, 0.2) is 17.3 Å². The first-order valence-corrected chi connectivity index (χ1v) is 10.9. The Kier molecular flexibility index (Phi) is 4.56. The monoisotopic (exact) mass is 403 g/mol. The predicted octanol–water partition coefficient (Wildman–Crippen LogP) is 3.89. The second kappa shape index (κ2) is 7.15. The van der Waals surface area contributed by atoms with E-state index in [0.717, 1.165) is 53.9 Å². The van der Waals surface area contributed by atoms with Crippen molar-refractivity contribution in [3.8, 4) is 0 Å². The van der Waals surface area contributed by atoms with Crippen LogP contribution in [0.4, 0.5) is 5.82 Å². The lowest BCUT2D eigenvalue weighted by Crippen LogP contribution is -2.20. The maximum atomic E-state index is 4.86. The van der Waals surface area contributed by atoms with E-state index < -0.39 is 0 Å². The van der Waals surface area contributed by atoms with Crippen LogP contribution in [0, 0.1) is 25.2 Å². The smallest absolute Gasteiger partial charge is 0.177 e. The molecule has 30 heavy (non-hydrogen) atoms. The number of hydrogen-bond acceptors (Lipinski definition) is 6. The van der Waals surface area contributed by atoms with E-state index >= 15 is 0 Å². The van der Waals surface area contributed by atoms with Crippen molar-refractivity contribution in [3.05, 3.63) is 41.0 Å². The number of aromatic nitrogens is 6. The molecule has 3 aromatic heterocycles. The molecule has 5 rings (SSSR count). The third kappa shape index (κ3) is 3.68. The van der Waals surface area contributed by atoms with Gasteiger partial charge in [0, 0.05) is 31.0 Å². The summed E-state index contributed by atoms with van der Waals surface area (Å²) in [6.45, 7) is 10.8. The molecule has 1 saturated carbocycles. The Labute approximate surface area is 177 Å². The zero-order valence-corrected chi connectivity index (χ0v) is 18.3. The first-order chi connectivity index (χ1) is 14.4. The van der Waals surface area contributed by atoms with E-state index in [0.29, 0.717) is 17.2 Å². The van der Waals surface area contributed by atoms with Crippen molar-refractivity contribution in [2.75, 3.05) is 18.0 Å². The Morgan fingerprint density at radius 1 is 1.07 bits per heavy atom. The van der Waals surface area contributed by atoms with Gasteiger partial charge in [-0.3, -0.25) is 4.98 Å². The maximum Gasteiger partial charge on any atom is 0.177 e. The largest absolute Gasteiger partial charge is 0.356 e. The standard InChI is InChI=1S/C23H29N7/c1-15-14-24-16(2)22-27-20(28-30(15)22)8-7-19-25-18(11-17-13-23(17,3)4)12-21(26-19)29-9-5-6-10-29/h7-8,12,14,17H,5-6,9-11,13H2,1-4H3/b8-7+/t17-/m1/s1. The van der Waals surface area contributed by atoms with Crippen molar-refractivity contribution < 1.29 is 0 Å². The van der Waals surface area contributed by atoms with Gasteiger partial charge < -0.3 is 4.90 Å². The average molecular weight is 404 g/mol. The van der Waals surface area contributed by atoms with Gasteiger partial charge in [0.25, 0.3) is 0 Å². The second-order valence-corrected chi connectivity index (χ2v) is 9.39. The van der Waals surface area contributed by atoms with Crippen LogP contribution in [0.5, 0.6) is 0 Å². The molecule has 0 amide bonds. The van der Waals surface area contributed by atoms with Crippen molar-refractivity contribution in [1.29, 1.82) is 0 Å². The summed E-state index contributed by atoms with van der Waals surface area (Å²) in [5, 5.41) is 4.60. The van der Waals surface area contributed by atoms with Gasteiger partial charge >= 0.3 is 0 Å². The molecule has 0 bridgehead atoms. The van der Waals surface area contributed by atoms with Crippen LogP contribution in [0.3, 0.4) is 0 Å². The molecular formula is C23H29N7. The van der Waals surface area contributed by atoms with E-state index in [-0.39, 0.29) is 0 Å². The molecule has 156 valence electrons. The highest BCUT2D eigenvalue weighted by molar-refractivity contribution is 5.65. The fraction of sp³-hybridized carbons (Fsp3) is 0.522. The van der Waals surface area contributed by atoms with Gasteiger partial charge in [-0.15, -0.1) is 5.10 Å². The van der Waals surface area contributed by atoms with E-state index in [1.165, 1.54) is 19.3 Å². The van der Waals surface area contributed by atoms with E-state index in [4.69, 9.17) is 9.97 Å². The number of aryl methyl sites for hydroxylation is 2. The van der Waals surface area contributed by atoms with E-state index in [2.05, 4.69) is 39.9 Å². The molecule has 2 aliphatic rings. The number of hydrogen-bond donors (Lipinski definition) is 0. The lowest BCUT2D eigenvalue weighted by Gasteiger charge is -2.17. The van der Waals surface area contributed by atoms with Crippen LogP contribution < -0.4 is 4.90 Å². The normalized spacial score (nSPS) is 20.5. The lowest BCUT2D eigenvalue weighted by molar-refractivity contribution is 0.553. The summed E-state index contributed by atoms with van der Waals surface area (Å²) in [6.07, 6.45) is 10.4. The first kappa shape index (κ1) is 19.2. The zero-order chi connectivity index (χ0) is 20.9. The first-order valence-electron chi connectivity index (χ1n) is 10.9. The van der Waals surface area contributed by atoms with Gasteiger partial charge in [-0.2, -0.15) is 0 Å². The van der Waals surface area contributed by atoms with Crippen molar-refractivity contribution >= 4 is 23.6 Å². The number of rotatable bonds is 5. The minimum Gasteiger partial charge on any atom is -0.356 e. The fourth-order valence-corrected chi connectivity index (χ4v) is 4.30. The number of nitrogens with zero attached hydrogens (tertiary/aromatic N) is 7. The minimum atomic E-state index is 0.443. The van der Waals surface area contributed by atoms with Crippen LogP contribution in [0.15, 0.2) is 12.3 Å². The Hall–Kier alpha value is -2.83. The van der Waals surface area contributed by atoms with Crippen molar-refractivity contribution in [2.24, 2.45) is 11.3 Å². The van der Waals surface area contributed by atoms with Crippen molar-refractivity contribution in [1.82, 2.24) is 29.5 Å². The van der Waals surface area contributed by atoms with Crippen LogP contribution in [0.25, 0.3) is 17.8 Å². The predicted molar refractivity (Wildman–Crippen MR) is 118 cm³/mol. The third-order valence-electron chi connectivity index (χ3n) is 6.49. The van der Waals surface area contributed by atoms with Crippen molar-refractivity contribution in [2.45, 2.75) is 53.4 Å². The Balaban J connectivity index is 1.46. The van der Waals surface area contributed by atoms with Crippen LogP contribution >= 0.6 is 0 Å². The van der Waals surface area contributed by atoms with Gasteiger partial charge in [-0.25, -0.2) is 19.5 Å². The van der Waals surface area contributed by atoms with Crippen LogP contribution in [-0.2, 0) is 6.42 Å². The van der Waals surface area contributed by atoms with Crippen LogP contribution in [0.1, 0.15) is 61.8 Å². The summed E-state index contributed by atoms with van der Waals surface area (Å²) in [6, 6.07) is 2.19. The summed E-state index contributed by atoms with van der Waals surface area (Å²) in [5.41, 5.74) is 4.21. The molecular weight excluding hydrogens is 374 g/mol. The molecule has 1 saturated heterocycles. The molecule has 7 heteroatoms. The van der Waals surface area contributed by atoms with E-state index in [1.54, 1.807) is 0 Å². The Morgan fingerprint density at radius 2 is 1.80 bits per heavy atom. The van der Waals surface area contributed by atoms with Gasteiger partial charge in [0.2, 0.25) is 0 Å². The van der Waals surface area contributed by atoms with Crippen molar-refractivity contribution in [3.63, 3.8) is 0 Å². The number of fused-ring (bicyclic) bond motifs is 1. The summed E-state index contributed by atoms with van der Waals surface area (Å²) in [5.74, 6) is 3.15. The SMILES string of the molecule is Cc1ncc(C)n2nc(/C=C/c3nc(C[C@@H]4CC4(C)C)cc(N4CCCC4)n3)nc12. The topological polar surface area (TPSA) is 72.1 Å². The van der Waals surface area contributed by atoms with E-state index in [9.17, 15) is 0 Å². The maximum absolute atomic E-state index is 4.86.